The third-order valence-electron chi connectivity index (χ3n) is 4.01. The zero-order chi connectivity index (χ0) is 18.0. The molecule has 1 heterocycles. The van der Waals surface area contributed by atoms with Crippen molar-refractivity contribution in [2.75, 3.05) is 29.9 Å². The van der Waals surface area contributed by atoms with E-state index in [1.54, 1.807) is 12.1 Å². The molecule has 2 aromatic rings. The van der Waals surface area contributed by atoms with Gasteiger partial charge in [0.05, 0.1) is 28.7 Å². The number of anilines is 2. The van der Waals surface area contributed by atoms with Crippen LogP contribution >= 0.6 is 11.6 Å². The Balaban J connectivity index is 1.83. The summed E-state index contributed by atoms with van der Waals surface area (Å²) in [7, 11) is -4.25. The Kier molecular flexibility index (Phi) is 4.99. The van der Waals surface area contributed by atoms with Gasteiger partial charge in [0, 0.05) is 12.2 Å². The maximum atomic E-state index is 11.4. The van der Waals surface area contributed by atoms with Crippen LogP contribution in [-0.4, -0.2) is 38.4 Å². The molecular weight excluding hydrogens is 362 g/mol. The molecule has 2 aromatic carbocycles. The second kappa shape index (κ2) is 7.03. The molecule has 0 atom stereocenters. The van der Waals surface area contributed by atoms with Gasteiger partial charge in [0.1, 0.15) is 5.84 Å². The standard InChI is InChI=1S/C17H18ClN3O3S/c1-12-6-7-13(25(22,23)24)10-16(12)21-9-8-19-17(21)11-20-15-5-3-2-4-14(15)18/h2-7,10,20H,8-9,11H2,1H3,(H,22,23,24). The first kappa shape index (κ1) is 17.7. The van der Waals surface area contributed by atoms with E-state index in [2.05, 4.69) is 10.3 Å². The van der Waals surface area contributed by atoms with Crippen LogP contribution in [-0.2, 0) is 10.1 Å². The van der Waals surface area contributed by atoms with E-state index in [-0.39, 0.29) is 4.90 Å². The number of benzene rings is 2. The van der Waals surface area contributed by atoms with Crippen LogP contribution in [0.4, 0.5) is 11.4 Å². The Hall–Kier alpha value is -2.09. The Morgan fingerprint density at radius 2 is 2.04 bits per heavy atom. The molecule has 2 N–H and O–H groups in total. The molecule has 0 saturated heterocycles. The third-order valence-corrected chi connectivity index (χ3v) is 5.19. The second-order valence-corrected chi connectivity index (χ2v) is 7.54. The van der Waals surface area contributed by atoms with Gasteiger partial charge in [-0.2, -0.15) is 8.42 Å². The van der Waals surface area contributed by atoms with Gasteiger partial charge in [-0.15, -0.1) is 0 Å². The van der Waals surface area contributed by atoms with Gasteiger partial charge in [0.15, 0.2) is 0 Å². The van der Waals surface area contributed by atoms with Crippen LogP contribution in [0.5, 0.6) is 0 Å². The van der Waals surface area contributed by atoms with Crippen molar-refractivity contribution in [3.63, 3.8) is 0 Å². The van der Waals surface area contributed by atoms with Crippen molar-refractivity contribution in [2.45, 2.75) is 11.8 Å². The van der Waals surface area contributed by atoms with Crippen molar-refractivity contribution >= 4 is 38.9 Å². The highest BCUT2D eigenvalue weighted by molar-refractivity contribution is 7.85. The molecule has 25 heavy (non-hydrogen) atoms. The van der Waals surface area contributed by atoms with E-state index < -0.39 is 10.1 Å². The number of halogens is 1. The predicted octanol–water partition coefficient (Wildman–Crippen LogP) is 3.23. The van der Waals surface area contributed by atoms with Gasteiger partial charge in [-0.05, 0) is 36.8 Å². The average molecular weight is 380 g/mol. The van der Waals surface area contributed by atoms with Crippen molar-refractivity contribution in [3.05, 3.63) is 53.1 Å². The summed E-state index contributed by atoms with van der Waals surface area (Å²) in [6, 6.07) is 12.0. The van der Waals surface area contributed by atoms with Gasteiger partial charge in [0.25, 0.3) is 10.1 Å². The lowest BCUT2D eigenvalue weighted by molar-refractivity contribution is 0.483. The highest BCUT2D eigenvalue weighted by Crippen LogP contribution is 2.27. The molecular formula is C17H18ClN3O3S. The summed E-state index contributed by atoms with van der Waals surface area (Å²) < 4.78 is 32.1. The molecule has 132 valence electrons. The maximum Gasteiger partial charge on any atom is 0.294 e. The number of aliphatic imine (C=N–C) groups is 1. The minimum atomic E-state index is -4.25. The number of rotatable bonds is 5. The van der Waals surface area contributed by atoms with Crippen molar-refractivity contribution in [1.29, 1.82) is 0 Å². The molecule has 3 rings (SSSR count). The van der Waals surface area contributed by atoms with Gasteiger partial charge in [-0.25, -0.2) is 0 Å². The Morgan fingerprint density at radius 3 is 2.76 bits per heavy atom. The first-order valence-corrected chi connectivity index (χ1v) is 9.55. The number of hydrogen-bond acceptors (Lipinski definition) is 5. The molecule has 0 radical (unpaired) electrons. The molecule has 1 aliphatic heterocycles. The molecule has 6 nitrogen and oxygen atoms in total. The molecule has 0 fully saturated rings. The van der Waals surface area contributed by atoms with Crippen molar-refractivity contribution in [2.24, 2.45) is 4.99 Å². The zero-order valence-electron chi connectivity index (χ0n) is 13.6. The molecule has 0 aromatic heterocycles. The quantitative estimate of drug-likeness (QED) is 0.779. The fraction of sp³-hybridized carbons (Fsp3) is 0.235. The lowest BCUT2D eigenvalue weighted by atomic mass is 10.2. The first-order chi connectivity index (χ1) is 11.9. The number of nitrogens with one attached hydrogen (secondary N) is 1. The highest BCUT2D eigenvalue weighted by Gasteiger charge is 2.22. The van der Waals surface area contributed by atoms with E-state index in [1.807, 2.05) is 30.0 Å². The van der Waals surface area contributed by atoms with E-state index in [9.17, 15) is 13.0 Å². The smallest absolute Gasteiger partial charge is 0.294 e. The number of amidine groups is 1. The van der Waals surface area contributed by atoms with Crippen molar-refractivity contribution in [1.82, 2.24) is 0 Å². The Bertz CT molecular complexity index is 928. The first-order valence-electron chi connectivity index (χ1n) is 7.73. The van der Waals surface area contributed by atoms with Crippen molar-refractivity contribution in [3.8, 4) is 0 Å². The minimum Gasteiger partial charge on any atom is -0.377 e. The summed E-state index contributed by atoms with van der Waals surface area (Å²) >= 11 is 6.15. The van der Waals surface area contributed by atoms with Gasteiger partial charge in [0.2, 0.25) is 0 Å². The predicted molar refractivity (Wildman–Crippen MR) is 101 cm³/mol. The summed E-state index contributed by atoms with van der Waals surface area (Å²) in [4.78, 5) is 6.32. The van der Waals surface area contributed by atoms with Gasteiger partial charge >= 0.3 is 0 Å². The third kappa shape index (κ3) is 3.95. The van der Waals surface area contributed by atoms with Crippen LogP contribution < -0.4 is 10.2 Å². The zero-order valence-corrected chi connectivity index (χ0v) is 15.2. The van der Waals surface area contributed by atoms with Crippen LogP contribution in [0.25, 0.3) is 0 Å². The summed E-state index contributed by atoms with van der Waals surface area (Å²) in [5.41, 5.74) is 2.43. The minimum absolute atomic E-state index is 0.126. The summed E-state index contributed by atoms with van der Waals surface area (Å²) in [6.45, 7) is 3.62. The second-order valence-electron chi connectivity index (χ2n) is 5.71. The van der Waals surface area contributed by atoms with E-state index in [0.29, 0.717) is 30.3 Å². The molecule has 0 saturated carbocycles. The van der Waals surface area contributed by atoms with Crippen molar-refractivity contribution < 1.29 is 13.0 Å². The Morgan fingerprint density at radius 1 is 1.28 bits per heavy atom. The van der Waals surface area contributed by atoms with Crippen LogP contribution in [0.15, 0.2) is 52.4 Å². The van der Waals surface area contributed by atoms with E-state index in [0.717, 1.165) is 17.1 Å². The lowest BCUT2D eigenvalue weighted by Gasteiger charge is -2.23. The van der Waals surface area contributed by atoms with Crippen LogP contribution in [0, 0.1) is 6.92 Å². The number of hydrogen-bond donors (Lipinski definition) is 2. The highest BCUT2D eigenvalue weighted by atomic mass is 35.5. The maximum absolute atomic E-state index is 11.4. The topological polar surface area (TPSA) is 82.0 Å². The van der Waals surface area contributed by atoms with Gasteiger partial charge in [-0.1, -0.05) is 29.8 Å². The largest absolute Gasteiger partial charge is 0.377 e. The fourth-order valence-corrected chi connectivity index (χ4v) is 3.43. The summed E-state index contributed by atoms with van der Waals surface area (Å²) in [5, 5.41) is 3.87. The molecule has 0 aliphatic carbocycles. The number of aryl methyl sites for hydroxylation is 1. The lowest BCUT2D eigenvalue weighted by Crippen LogP contribution is -2.33. The van der Waals surface area contributed by atoms with Gasteiger partial charge in [-0.3, -0.25) is 9.55 Å². The monoisotopic (exact) mass is 379 g/mol. The molecule has 0 unspecified atom stereocenters. The van der Waals surface area contributed by atoms with E-state index >= 15 is 0 Å². The summed E-state index contributed by atoms with van der Waals surface area (Å²) in [6.07, 6.45) is 0. The Labute approximate surface area is 151 Å². The molecule has 0 amide bonds. The molecule has 0 bridgehead atoms. The van der Waals surface area contributed by atoms with Crippen LogP contribution in [0.2, 0.25) is 5.02 Å². The van der Waals surface area contributed by atoms with Crippen LogP contribution in [0.1, 0.15) is 5.56 Å². The SMILES string of the molecule is Cc1ccc(S(=O)(=O)O)cc1N1CCN=C1CNc1ccccc1Cl. The molecule has 0 spiro atoms. The number of para-hydroxylation sites is 1. The molecule has 1 aliphatic rings. The van der Waals surface area contributed by atoms with E-state index in [4.69, 9.17) is 11.6 Å². The average Bonchev–Trinajstić information content (AvgIpc) is 3.02. The fourth-order valence-electron chi connectivity index (χ4n) is 2.72. The normalized spacial score (nSPS) is 14.5. The van der Waals surface area contributed by atoms with E-state index in [1.165, 1.54) is 12.1 Å². The summed E-state index contributed by atoms with van der Waals surface area (Å²) in [5.74, 6) is 0.788. The molecule has 8 heteroatoms. The number of nitrogens with zero attached hydrogens (tertiary/aromatic N) is 2. The van der Waals surface area contributed by atoms with Crippen LogP contribution in [0.3, 0.4) is 0 Å². The van der Waals surface area contributed by atoms with Gasteiger partial charge < -0.3 is 10.2 Å².